The Bertz CT molecular complexity index is 1010. The lowest BCUT2D eigenvalue weighted by Gasteiger charge is -2.17. The number of hydrogen-bond acceptors (Lipinski definition) is 2. The normalized spacial score (nSPS) is 11.4. The third-order valence-corrected chi connectivity index (χ3v) is 6.11. The number of hydrogen-bond donors (Lipinski definition) is 3. The Morgan fingerprint density at radius 1 is 1.14 bits per heavy atom. The Kier molecular flexibility index (Phi) is 7.11. The van der Waals surface area contributed by atoms with Gasteiger partial charge in [0.15, 0.2) is 0 Å². The van der Waals surface area contributed by atoms with E-state index in [2.05, 4.69) is 66.7 Å². The quantitative estimate of drug-likeness (QED) is 0.366. The topological polar surface area (TPSA) is 60.1 Å². The number of rotatable bonds is 10. The zero-order chi connectivity index (χ0) is 20.8. The Morgan fingerprint density at radius 3 is 2.59 bits per heavy atom. The third kappa shape index (κ3) is 4.23. The molecule has 0 saturated carbocycles. The van der Waals surface area contributed by atoms with Gasteiger partial charge in [-0.1, -0.05) is 31.9 Å². The lowest BCUT2D eigenvalue weighted by Crippen LogP contribution is -3.12. The van der Waals surface area contributed by atoms with Gasteiger partial charge in [-0.3, -0.25) is 10.3 Å². The maximum atomic E-state index is 9.93. The number of anilines is 1. The number of aromatic amines is 1. The van der Waals surface area contributed by atoms with Gasteiger partial charge in [-0.05, 0) is 51.3 Å². The predicted molar refractivity (Wildman–Crippen MR) is 120 cm³/mol. The first-order chi connectivity index (χ1) is 14.2. The summed E-state index contributed by atoms with van der Waals surface area (Å²) in [5.41, 5.74) is 6.22. The van der Waals surface area contributed by atoms with Crippen molar-refractivity contribution in [2.24, 2.45) is 0 Å². The Balaban J connectivity index is 2.15. The number of para-hydroxylation sites is 2. The van der Waals surface area contributed by atoms with Crippen LogP contribution in [0.2, 0.25) is 0 Å². The average molecular weight is 394 g/mol. The zero-order valence-electron chi connectivity index (χ0n) is 18.4. The first-order valence-electron chi connectivity index (χ1n) is 11.1. The van der Waals surface area contributed by atoms with Gasteiger partial charge in [-0.15, -0.1) is 0 Å². The minimum absolute atomic E-state index is 0.757. The van der Waals surface area contributed by atoms with Crippen molar-refractivity contribution in [2.45, 2.75) is 53.4 Å². The molecule has 0 saturated heterocycles. The number of nitrogens with zero attached hydrogens (tertiary/aromatic N) is 2. The van der Waals surface area contributed by atoms with Crippen LogP contribution >= 0.6 is 0 Å². The molecule has 0 aliphatic heterocycles. The zero-order valence-corrected chi connectivity index (χ0v) is 18.4. The summed E-state index contributed by atoms with van der Waals surface area (Å²) in [6, 6.07) is 10.8. The van der Waals surface area contributed by atoms with Crippen molar-refractivity contribution < 1.29 is 9.30 Å². The summed E-state index contributed by atoms with van der Waals surface area (Å²) in [6.07, 6.45) is 4.55. The monoisotopic (exact) mass is 393 g/mol. The molecule has 0 bridgehead atoms. The molecule has 0 spiro atoms. The lowest BCUT2D eigenvalue weighted by atomic mass is 9.99. The van der Waals surface area contributed by atoms with Crippen molar-refractivity contribution in [3.63, 3.8) is 0 Å². The minimum atomic E-state index is 0.757. The van der Waals surface area contributed by atoms with E-state index in [4.69, 9.17) is 0 Å². The van der Waals surface area contributed by atoms with Crippen LogP contribution < -0.4 is 14.6 Å². The number of nitriles is 1. The smallest absolute Gasteiger partial charge is 0.250 e. The molecule has 3 N–H and O–H groups in total. The van der Waals surface area contributed by atoms with E-state index in [9.17, 15) is 5.26 Å². The van der Waals surface area contributed by atoms with Gasteiger partial charge in [0.25, 0.3) is 0 Å². The second kappa shape index (κ2) is 9.76. The van der Waals surface area contributed by atoms with E-state index in [0.717, 1.165) is 72.6 Å². The van der Waals surface area contributed by atoms with Gasteiger partial charge in [0.1, 0.15) is 35.8 Å². The first-order valence-corrected chi connectivity index (χ1v) is 11.1. The molecular formula is C24H35N5+2. The highest BCUT2D eigenvalue weighted by atomic mass is 15.2. The molecule has 0 unspecified atom stereocenters. The fourth-order valence-corrected chi connectivity index (χ4v) is 4.27. The molecule has 5 heteroatoms. The van der Waals surface area contributed by atoms with E-state index in [-0.39, 0.29) is 0 Å². The van der Waals surface area contributed by atoms with Gasteiger partial charge in [-0.2, -0.15) is 9.66 Å². The molecular weight excluding hydrogens is 358 g/mol. The first kappa shape index (κ1) is 21.1. The van der Waals surface area contributed by atoms with Crippen LogP contribution in [0, 0.1) is 18.3 Å². The second-order valence-corrected chi connectivity index (χ2v) is 7.86. The van der Waals surface area contributed by atoms with Gasteiger partial charge in [-0.25, -0.2) is 0 Å². The maximum absolute atomic E-state index is 9.93. The standard InChI is InChI=1S/C24H33N5/c1-5-8-9-12-19-18(4)20(17-25)24-27-21-13-10-11-14-22(21)29(24)23(19)26-15-16-28(6-2)7-3/h10-11,13-14H,5-9,12,15-16H2,1-4H3,(H,26,27)/p+2. The van der Waals surface area contributed by atoms with Crippen LogP contribution in [0.4, 0.5) is 5.82 Å². The van der Waals surface area contributed by atoms with Crippen LogP contribution in [0.15, 0.2) is 24.3 Å². The summed E-state index contributed by atoms with van der Waals surface area (Å²) in [5, 5.41) is 13.7. The number of nitrogens with one attached hydrogen (secondary N) is 3. The van der Waals surface area contributed by atoms with Gasteiger partial charge in [0, 0.05) is 5.56 Å². The third-order valence-electron chi connectivity index (χ3n) is 6.11. The van der Waals surface area contributed by atoms with Crippen LogP contribution in [-0.4, -0.2) is 31.2 Å². The van der Waals surface area contributed by atoms with Crippen molar-refractivity contribution in [1.29, 1.82) is 5.26 Å². The summed E-state index contributed by atoms with van der Waals surface area (Å²) in [5.74, 6) is 1.15. The fourth-order valence-electron chi connectivity index (χ4n) is 4.27. The molecule has 154 valence electrons. The van der Waals surface area contributed by atoms with Crippen LogP contribution in [0.25, 0.3) is 16.7 Å². The highest BCUT2D eigenvalue weighted by Crippen LogP contribution is 2.26. The molecule has 0 atom stereocenters. The van der Waals surface area contributed by atoms with Gasteiger partial charge in [0.05, 0.1) is 13.1 Å². The van der Waals surface area contributed by atoms with Crippen molar-refractivity contribution in [1.82, 2.24) is 4.98 Å². The second-order valence-electron chi connectivity index (χ2n) is 7.86. The molecule has 0 aliphatic rings. The molecule has 0 aliphatic carbocycles. The molecule has 1 aromatic carbocycles. The van der Waals surface area contributed by atoms with Crippen molar-refractivity contribution in [2.75, 3.05) is 31.5 Å². The molecule has 3 rings (SSSR count). The molecule has 29 heavy (non-hydrogen) atoms. The molecule has 5 nitrogen and oxygen atoms in total. The number of benzene rings is 1. The summed E-state index contributed by atoms with van der Waals surface area (Å²) in [6.45, 7) is 13.1. The van der Waals surface area contributed by atoms with E-state index in [1.807, 2.05) is 6.07 Å². The highest BCUT2D eigenvalue weighted by Gasteiger charge is 2.25. The number of fused-ring (bicyclic) bond motifs is 3. The van der Waals surface area contributed by atoms with Crippen LogP contribution in [0.1, 0.15) is 56.7 Å². The molecule has 0 fully saturated rings. The Hall–Kier alpha value is -2.58. The van der Waals surface area contributed by atoms with E-state index in [0.29, 0.717) is 0 Å². The molecule has 2 heterocycles. The summed E-state index contributed by atoms with van der Waals surface area (Å²) < 4.78 is 2.24. The number of H-pyrrole nitrogens is 1. The van der Waals surface area contributed by atoms with E-state index >= 15 is 0 Å². The minimum Gasteiger partial charge on any atom is -0.333 e. The van der Waals surface area contributed by atoms with Crippen molar-refractivity contribution in [3.8, 4) is 6.07 Å². The molecule has 3 aromatic rings. The summed E-state index contributed by atoms with van der Waals surface area (Å²) in [7, 11) is 0. The van der Waals surface area contributed by atoms with Crippen LogP contribution in [0.3, 0.4) is 0 Å². The fraction of sp³-hybridized carbons (Fsp3) is 0.500. The average Bonchev–Trinajstić information content (AvgIpc) is 3.12. The van der Waals surface area contributed by atoms with E-state index in [1.54, 1.807) is 4.90 Å². The van der Waals surface area contributed by atoms with Crippen molar-refractivity contribution >= 4 is 22.5 Å². The SMILES string of the molecule is CCCCCc1c(C)c(C#N)c2[nH]c3ccccc3[n+]2c1NCC[NH+](CC)CC. The Labute approximate surface area is 174 Å². The van der Waals surface area contributed by atoms with Gasteiger partial charge in [0.2, 0.25) is 11.5 Å². The summed E-state index contributed by atoms with van der Waals surface area (Å²) >= 11 is 0. The number of pyridine rings is 1. The largest absolute Gasteiger partial charge is 0.333 e. The molecule has 0 radical (unpaired) electrons. The highest BCUT2D eigenvalue weighted by molar-refractivity contribution is 5.78. The number of aromatic nitrogens is 2. The number of imidazole rings is 1. The van der Waals surface area contributed by atoms with Gasteiger partial charge < -0.3 is 4.90 Å². The van der Waals surface area contributed by atoms with Crippen molar-refractivity contribution in [3.05, 3.63) is 41.0 Å². The van der Waals surface area contributed by atoms with Crippen LogP contribution in [0.5, 0.6) is 0 Å². The lowest BCUT2D eigenvalue weighted by molar-refractivity contribution is -0.894. The summed E-state index contributed by atoms with van der Waals surface area (Å²) in [4.78, 5) is 5.08. The molecule has 2 aromatic heterocycles. The number of unbranched alkanes of at least 4 members (excludes halogenated alkanes) is 2. The predicted octanol–water partition coefficient (Wildman–Crippen LogP) is 3.16. The number of likely N-dealkylation sites (N-methyl/N-ethyl adjacent to an activating group) is 1. The Morgan fingerprint density at radius 2 is 1.90 bits per heavy atom. The van der Waals surface area contributed by atoms with Gasteiger partial charge >= 0.3 is 0 Å². The van der Waals surface area contributed by atoms with E-state index < -0.39 is 0 Å². The number of quaternary nitrogens is 1. The maximum Gasteiger partial charge on any atom is 0.250 e. The van der Waals surface area contributed by atoms with Crippen LogP contribution in [-0.2, 0) is 6.42 Å². The van der Waals surface area contributed by atoms with E-state index in [1.165, 1.54) is 18.4 Å². The molecule has 0 amide bonds.